The van der Waals surface area contributed by atoms with Gasteiger partial charge in [0.1, 0.15) is 0 Å². The lowest BCUT2D eigenvalue weighted by Crippen LogP contribution is -2.19. The van der Waals surface area contributed by atoms with Crippen LogP contribution in [0.25, 0.3) is 0 Å². The largest absolute Gasteiger partial charge is 0.316 e. The van der Waals surface area contributed by atoms with Gasteiger partial charge in [0, 0.05) is 0 Å². The Morgan fingerprint density at radius 1 is 1.15 bits per heavy atom. The van der Waals surface area contributed by atoms with Crippen LogP contribution >= 0.6 is 0 Å². The zero-order valence-electron chi connectivity index (χ0n) is 8.00. The Bertz CT molecular complexity index is 239. The Labute approximate surface area is 80.2 Å². The van der Waals surface area contributed by atoms with Gasteiger partial charge < -0.3 is 5.32 Å². The highest BCUT2D eigenvalue weighted by molar-refractivity contribution is 5.14. The first kappa shape index (κ1) is 8.76. The minimum Gasteiger partial charge on any atom is -0.316 e. The first-order valence-electron chi connectivity index (χ1n) is 5.20. The zero-order chi connectivity index (χ0) is 8.93. The lowest BCUT2D eigenvalue weighted by molar-refractivity contribution is 0.637. The molecule has 13 heavy (non-hydrogen) atoms. The van der Waals surface area contributed by atoms with Crippen LogP contribution in [0.4, 0.5) is 0 Å². The van der Waals surface area contributed by atoms with Crippen molar-refractivity contribution in [1.29, 1.82) is 0 Å². The van der Waals surface area contributed by atoms with E-state index in [-0.39, 0.29) is 0 Å². The summed E-state index contributed by atoms with van der Waals surface area (Å²) in [5.74, 6) is 0.996. The van der Waals surface area contributed by atoms with E-state index >= 15 is 0 Å². The lowest BCUT2D eigenvalue weighted by atomic mass is 10.1. The molecule has 0 spiro atoms. The zero-order valence-corrected chi connectivity index (χ0v) is 8.00. The molecule has 1 aromatic carbocycles. The predicted molar refractivity (Wildman–Crippen MR) is 55.7 cm³/mol. The maximum absolute atomic E-state index is 3.50. The van der Waals surface area contributed by atoms with Crippen LogP contribution in [0, 0.1) is 5.92 Å². The molecule has 1 N–H and O–H groups in total. The van der Waals surface area contributed by atoms with Gasteiger partial charge in [-0.05, 0) is 43.8 Å². The smallest absolute Gasteiger partial charge is 0.000824 e. The molecule has 0 aromatic heterocycles. The van der Waals surface area contributed by atoms with Gasteiger partial charge in [-0.3, -0.25) is 0 Å². The minimum atomic E-state index is 0.996. The van der Waals surface area contributed by atoms with E-state index in [1.165, 1.54) is 24.9 Å². The number of hydrogen-bond acceptors (Lipinski definition) is 1. The molecule has 0 bridgehead atoms. The molecule has 1 heteroatoms. The molecule has 0 atom stereocenters. The molecule has 0 amide bonds. The maximum atomic E-state index is 3.50. The fraction of sp³-hybridized carbons (Fsp3) is 0.500. The molecule has 0 aliphatic heterocycles. The van der Waals surface area contributed by atoms with Gasteiger partial charge in [0.25, 0.3) is 0 Å². The quantitative estimate of drug-likeness (QED) is 0.677. The summed E-state index contributed by atoms with van der Waals surface area (Å²) >= 11 is 0. The molecule has 1 saturated carbocycles. The Balaban J connectivity index is 1.61. The van der Waals surface area contributed by atoms with E-state index in [9.17, 15) is 0 Å². The molecule has 70 valence electrons. The molecule has 2 rings (SSSR count). The second-order valence-electron chi connectivity index (χ2n) is 3.88. The summed E-state index contributed by atoms with van der Waals surface area (Å²) in [6.07, 6.45) is 4.05. The Morgan fingerprint density at radius 2 is 1.92 bits per heavy atom. The van der Waals surface area contributed by atoms with Gasteiger partial charge in [-0.25, -0.2) is 0 Å². The fourth-order valence-corrected chi connectivity index (χ4v) is 1.51. The van der Waals surface area contributed by atoms with E-state index in [0.717, 1.165) is 18.9 Å². The van der Waals surface area contributed by atoms with Crippen LogP contribution < -0.4 is 5.32 Å². The first-order valence-corrected chi connectivity index (χ1v) is 5.20. The molecular formula is C12H17N. The van der Waals surface area contributed by atoms with Gasteiger partial charge in [-0.1, -0.05) is 30.3 Å². The standard InChI is InChI=1S/C12H17N/c1-2-4-11(5-3-1)8-9-13-10-12-6-7-12/h1-5,12-13H,6-10H2. The van der Waals surface area contributed by atoms with E-state index in [1.807, 2.05) is 0 Å². The summed E-state index contributed by atoms with van der Waals surface area (Å²) in [5.41, 5.74) is 1.44. The van der Waals surface area contributed by atoms with Crippen LogP contribution in [-0.4, -0.2) is 13.1 Å². The van der Waals surface area contributed by atoms with Crippen molar-refractivity contribution < 1.29 is 0 Å². The molecule has 1 nitrogen and oxygen atoms in total. The average Bonchev–Trinajstić information content (AvgIpc) is 2.98. The lowest BCUT2D eigenvalue weighted by Gasteiger charge is -2.02. The average molecular weight is 175 g/mol. The SMILES string of the molecule is c1ccc(CCNCC2CC2)cc1. The Morgan fingerprint density at radius 3 is 2.62 bits per heavy atom. The third-order valence-electron chi connectivity index (χ3n) is 2.56. The third kappa shape index (κ3) is 3.19. The molecule has 0 saturated heterocycles. The molecule has 0 radical (unpaired) electrons. The Kier molecular flexibility index (Phi) is 2.98. The highest BCUT2D eigenvalue weighted by Crippen LogP contribution is 2.27. The van der Waals surface area contributed by atoms with Crippen LogP contribution in [0.1, 0.15) is 18.4 Å². The highest BCUT2D eigenvalue weighted by Gasteiger charge is 2.19. The topological polar surface area (TPSA) is 12.0 Å². The van der Waals surface area contributed by atoms with Crippen LogP contribution in [0.2, 0.25) is 0 Å². The van der Waals surface area contributed by atoms with E-state index in [0.29, 0.717) is 0 Å². The van der Waals surface area contributed by atoms with Crippen molar-refractivity contribution in [1.82, 2.24) is 5.32 Å². The molecule has 1 fully saturated rings. The number of rotatable bonds is 5. The van der Waals surface area contributed by atoms with Gasteiger partial charge in [-0.15, -0.1) is 0 Å². The van der Waals surface area contributed by atoms with Crippen molar-refractivity contribution in [2.45, 2.75) is 19.3 Å². The molecule has 1 aliphatic carbocycles. The third-order valence-corrected chi connectivity index (χ3v) is 2.56. The number of nitrogens with one attached hydrogen (secondary N) is 1. The van der Waals surface area contributed by atoms with Crippen molar-refractivity contribution in [3.05, 3.63) is 35.9 Å². The highest BCUT2D eigenvalue weighted by atomic mass is 14.9. The molecule has 1 aromatic rings. The first-order chi connectivity index (χ1) is 6.45. The van der Waals surface area contributed by atoms with Gasteiger partial charge in [0.05, 0.1) is 0 Å². The van der Waals surface area contributed by atoms with Crippen LogP contribution in [0.3, 0.4) is 0 Å². The van der Waals surface area contributed by atoms with Crippen LogP contribution in [-0.2, 0) is 6.42 Å². The van der Waals surface area contributed by atoms with Crippen molar-refractivity contribution in [3.63, 3.8) is 0 Å². The minimum absolute atomic E-state index is 0.996. The maximum Gasteiger partial charge on any atom is -0.000824 e. The van der Waals surface area contributed by atoms with Gasteiger partial charge in [0.15, 0.2) is 0 Å². The van der Waals surface area contributed by atoms with E-state index in [2.05, 4.69) is 35.6 Å². The number of benzene rings is 1. The second-order valence-corrected chi connectivity index (χ2v) is 3.88. The monoisotopic (exact) mass is 175 g/mol. The predicted octanol–water partition coefficient (Wildman–Crippen LogP) is 2.23. The van der Waals surface area contributed by atoms with Crippen LogP contribution in [0.15, 0.2) is 30.3 Å². The summed E-state index contributed by atoms with van der Waals surface area (Å²) in [5, 5.41) is 3.50. The second kappa shape index (κ2) is 4.43. The van der Waals surface area contributed by atoms with Gasteiger partial charge in [0.2, 0.25) is 0 Å². The summed E-state index contributed by atoms with van der Waals surface area (Å²) in [6.45, 7) is 2.35. The van der Waals surface area contributed by atoms with E-state index in [4.69, 9.17) is 0 Å². The van der Waals surface area contributed by atoms with E-state index in [1.54, 1.807) is 0 Å². The van der Waals surface area contributed by atoms with Crippen LogP contribution in [0.5, 0.6) is 0 Å². The fourth-order valence-electron chi connectivity index (χ4n) is 1.51. The summed E-state index contributed by atoms with van der Waals surface area (Å²) in [7, 11) is 0. The normalized spacial score (nSPS) is 16.0. The van der Waals surface area contributed by atoms with Gasteiger partial charge in [-0.2, -0.15) is 0 Å². The summed E-state index contributed by atoms with van der Waals surface area (Å²) in [6, 6.07) is 10.7. The van der Waals surface area contributed by atoms with Gasteiger partial charge >= 0.3 is 0 Å². The van der Waals surface area contributed by atoms with Crippen molar-refractivity contribution in [3.8, 4) is 0 Å². The van der Waals surface area contributed by atoms with Crippen molar-refractivity contribution >= 4 is 0 Å². The van der Waals surface area contributed by atoms with Crippen molar-refractivity contribution in [2.24, 2.45) is 5.92 Å². The summed E-state index contributed by atoms with van der Waals surface area (Å²) in [4.78, 5) is 0. The molecule has 0 unspecified atom stereocenters. The Hall–Kier alpha value is -0.820. The molecule has 0 heterocycles. The van der Waals surface area contributed by atoms with E-state index < -0.39 is 0 Å². The molecule has 1 aliphatic rings. The molecular weight excluding hydrogens is 158 g/mol. The van der Waals surface area contributed by atoms with Crippen molar-refractivity contribution in [2.75, 3.05) is 13.1 Å². The summed E-state index contributed by atoms with van der Waals surface area (Å²) < 4.78 is 0. The number of hydrogen-bond donors (Lipinski definition) is 1.